The van der Waals surface area contributed by atoms with Crippen LogP contribution in [0, 0.1) is 23.7 Å². The van der Waals surface area contributed by atoms with E-state index >= 15 is 0 Å². The summed E-state index contributed by atoms with van der Waals surface area (Å²) >= 11 is 0. The van der Waals surface area contributed by atoms with Crippen LogP contribution >= 0.6 is 0 Å². The van der Waals surface area contributed by atoms with Crippen LogP contribution in [-0.2, 0) is 14.3 Å². The highest BCUT2D eigenvalue weighted by Gasteiger charge is 2.33. The van der Waals surface area contributed by atoms with Gasteiger partial charge < -0.3 is 4.74 Å². The van der Waals surface area contributed by atoms with Crippen LogP contribution in [0.2, 0.25) is 0 Å². The predicted molar refractivity (Wildman–Crippen MR) is 99.4 cm³/mol. The first-order chi connectivity index (χ1) is 12.1. The van der Waals surface area contributed by atoms with Gasteiger partial charge in [0.2, 0.25) is 0 Å². The molecule has 2 aromatic carbocycles. The highest BCUT2D eigenvalue weighted by molar-refractivity contribution is 7.86. The average molecular weight is 373 g/mol. The summed E-state index contributed by atoms with van der Waals surface area (Å²) in [7, 11) is -2.48. The van der Waals surface area contributed by atoms with Crippen molar-refractivity contribution in [2.24, 2.45) is 5.41 Å². The van der Waals surface area contributed by atoms with Crippen molar-refractivity contribution in [3.8, 4) is 11.8 Å². The quantitative estimate of drug-likeness (QED) is 0.728. The van der Waals surface area contributed by atoms with E-state index in [2.05, 4.69) is 6.07 Å². The minimum absolute atomic E-state index is 0.103. The second kappa shape index (κ2) is 7.48. The van der Waals surface area contributed by atoms with E-state index in [1.807, 2.05) is 27.7 Å². The van der Waals surface area contributed by atoms with Gasteiger partial charge >= 0.3 is 0 Å². The summed E-state index contributed by atoms with van der Waals surface area (Å²) in [4.78, 5) is 0.103. The molecule has 0 amide bonds. The Morgan fingerprint density at radius 3 is 2.19 bits per heavy atom. The molecule has 1 unspecified atom stereocenters. The van der Waals surface area contributed by atoms with Crippen LogP contribution in [0.25, 0.3) is 0 Å². The summed E-state index contributed by atoms with van der Waals surface area (Å²) in [6.45, 7) is 7.55. The highest BCUT2D eigenvalue weighted by atomic mass is 32.2. The third-order valence-electron chi connectivity index (χ3n) is 3.97. The van der Waals surface area contributed by atoms with Crippen molar-refractivity contribution in [2.75, 3.05) is 7.11 Å². The Bertz CT molecular complexity index is 920. The second-order valence-electron chi connectivity index (χ2n) is 7.18. The van der Waals surface area contributed by atoms with E-state index in [4.69, 9.17) is 8.92 Å². The maximum absolute atomic E-state index is 12.7. The lowest BCUT2D eigenvalue weighted by atomic mass is 9.84. The van der Waals surface area contributed by atoms with Gasteiger partial charge in [-0.25, -0.2) is 0 Å². The molecule has 0 saturated carbocycles. The van der Waals surface area contributed by atoms with Crippen LogP contribution < -0.4 is 4.74 Å². The highest BCUT2D eigenvalue weighted by Crippen LogP contribution is 2.39. The molecule has 138 valence electrons. The minimum atomic E-state index is -3.96. The van der Waals surface area contributed by atoms with Gasteiger partial charge in [0.1, 0.15) is 17.9 Å². The molecule has 2 rings (SSSR count). The van der Waals surface area contributed by atoms with Gasteiger partial charge in [0.05, 0.1) is 17.6 Å². The normalized spacial score (nSPS) is 13.1. The minimum Gasteiger partial charge on any atom is -0.495 e. The Hall–Kier alpha value is -2.36. The number of benzene rings is 2. The zero-order valence-electron chi connectivity index (χ0n) is 15.6. The van der Waals surface area contributed by atoms with Gasteiger partial charge in [-0.1, -0.05) is 44.5 Å². The molecule has 6 heteroatoms. The molecular formula is C20H23NO4S. The maximum Gasteiger partial charge on any atom is 0.297 e. The Morgan fingerprint density at radius 1 is 1.08 bits per heavy atom. The van der Waals surface area contributed by atoms with E-state index in [1.165, 1.54) is 19.2 Å². The average Bonchev–Trinajstić information content (AvgIpc) is 2.58. The molecular weight excluding hydrogens is 350 g/mol. The molecule has 0 heterocycles. The molecule has 26 heavy (non-hydrogen) atoms. The number of hydrogen-bond acceptors (Lipinski definition) is 5. The van der Waals surface area contributed by atoms with Crippen molar-refractivity contribution in [2.45, 2.75) is 38.7 Å². The molecule has 0 N–H and O–H groups in total. The van der Waals surface area contributed by atoms with Crippen LogP contribution in [0.5, 0.6) is 5.75 Å². The van der Waals surface area contributed by atoms with Gasteiger partial charge in [-0.3, -0.25) is 4.18 Å². The largest absolute Gasteiger partial charge is 0.495 e. The van der Waals surface area contributed by atoms with Crippen molar-refractivity contribution < 1.29 is 17.3 Å². The summed E-state index contributed by atoms with van der Waals surface area (Å²) in [5.41, 5.74) is 1.38. The zero-order valence-corrected chi connectivity index (χ0v) is 16.4. The van der Waals surface area contributed by atoms with Gasteiger partial charge in [0.15, 0.2) is 0 Å². The van der Waals surface area contributed by atoms with Crippen molar-refractivity contribution in [1.82, 2.24) is 0 Å². The summed E-state index contributed by atoms with van der Waals surface area (Å²) in [5, 5.41) is 9.31. The summed E-state index contributed by atoms with van der Waals surface area (Å²) in [6.07, 6.45) is -0.758. The SMILES string of the molecule is COc1ccc(C(OS(=O)(=O)c2ccc(C)cc2)C(C)(C)C)cc1C#N. The molecule has 0 aliphatic rings. The fourth-order valence-corrected chi connectivity index (χ4v) is 3.80. The second-order valence-corrected chi connectivity index (χ2v) is 8.75. The van der Waals surface area contributed by atoms with Gasteiger partial charge in [-0.05, 0) is 42.2 Å². The molecule has 2 aromatic rings. The van der Waals surface area contributed by atoms with Crippen LogP contribution in [0.1, 0.15) is 43.6 Å². The van der Waals surface area contributed by atoms with Gasteiger partial charge in [0.25, 0.3) is 10.1 Å². The number of ether oxygens (including phenoxy) is 1. The fourth-order valence-electron chi connectivity index (χ4n) is 2.56. The van der Waals surface area contributed by atoms with E-state index in [0.717, 1.165) is 5.56 Å². The number of hydrogen-bond donors (Lipinski definition) is 0. The monoisotopic (exact) mass is 373 g/mol. The molecule has 0 fully saturated rings. The van der Waals surface area contributed by atoms with E-state index in [9.17, 15) is 13.7 Å². The third kappa shape index (κ3) is 4.43. The van der Waals surface area contributed by atoms with E-state index < -0.39 is 21.6 Å². The molecule has 0 radical (unpaired) electrons. The lowest BCUT2D eigenvalue weighted by molar-refractivity contribution is 0.0933. The number of nitriles is 1. The summed E-state index contributed by atoms with van der Waals surface area (Å²) < 4.78 is 36.2. The number of nitrogens with zero attached hydrogens (tertiary/aromatic N) is 1. The van der Waals surface area contributed by atoms with Crippen LogP contribution in [0.3, 0.4) is 0 Å². The smallest absolute Gasteiger partial charge is 0.297 e. The van der Waals surface area contributed by atoms with Crippen molar-refractivity contribution in [1.29, 1.82) is 5.26 Å². The topological polar surface area (TPSA) is 76.4 Å². The lowest BCUT2D eigenvalue weighted by Gasteiger charge is -2.30. The van der Waals surface area contributed by atoms with Crippen LogP contribution in [0.4, 0.5) is 0 Å². The van der Waals surface area contributed by atoms with Crippen LogP contribution in [0.15, 0.2) is 47.4 Å². The third-order valence-corrected chi connectivity index (χ3v) is 5.26. The molecule has 0 bridgehead atoms. The van der Waals surface area contributed by atoms with Gasteiger partial charge in [0, 0.05) is 0 Å². The van der Waals surface area contributed by atoms with E-state index in [0.29, 0.717) is 16.9 Å². The van der Waals surface area contributed by atoms with Crippen molar-refractivity contribution in [3.05, 3.63) is 59.2 Å². The lowest BCUT2D eigenvalue weighted by Crippen LogP contribution is -2.24. The Labute approximate surface area is 155 Å². The first-order valence-corrected chi connectivity index (χ1v) is 9.57. The van der Waals surface area contributed by atoms with E-state index in [-0.39, 0.29) is 4.90 Å². The number of rotatable bonds is 5. The molecule has 0 aliphatic carbocycles. The summed E-state index contributed by atoms with van der Waals surface area (Å²) in [5.74, 6) is 0.435. The molecule has 5 nitrogen and oxygen atoms in total. The fraction of sp³-hybridized carbons (Fsp3) is 0.350. The first kappa shape index (κ1) is 20.0. The first-order valence-electron chi connectivity index (χ1n) is 8.16. The standard InChI is InChI=1S/C20H23NO4S/c1-14-6-9-17(10-7-14)26(22,23)25-19(20(2,3)4)15-8-11-18(24-5)16(12-15)13-21/h6-12,19H,1-5H3. The Kier molecular flexibility index (Phi) is 5.74. The molecule has 0 saturated heterocycles. The predicted octanol–water partition coefficient (Wildman–Crippen LogP) is 4.37. The molecule has 0 aliphatic heterocycles. The molecule has 0 spiro atoms. The van der Waals surface area contributed by atoms with Crippen molar-refractivity contribution >= 4 is 10.1 Å². The Morgan fingerprint density at radius 2 is 1.69 bits per heavy atom. The van der Waals surface area contributed by atoms with Crippen LogP contribution in [-0.4, -0.2) is 15.5 Å². The zero-order chi connectivity index (χ0) is 19.5. The van der Waals surface area contributed by atoms with Gasteiger partial charge in [-0.2, -0.15) is 13.7 Å². The molecule has 1 atom stereocenters. The maximum atomic E-state index is 12.7. The van der Waals surface area contributed by atoms with Gasteiger partial charge in [-0.15, -0.1) is 0 Å². The summed E-state index contributed by atoms with van der Waals surface area (Å²) in [6, 6.07) is 13.5. The molecule has 0 aromatic heterocycles. The van der Waals surface area contributed by atoms with Crippen molar-refractivity contribution in [3.63, 3.8) is 0 Å². The van der Waals surface area contributed by atoms with E-state index in [1.54, 1.807) is 30.3 Å². The number of aryl methyl sites for hydroxylation is 1. The Balaban J connectivity index is 2.47. The number of methoxy groups -OCH3 is 1.